The number of hydrogen-bond donors (Lipinski definition) is 0. The van der Waals surface area contributed by atoms with Crippen molar-refractivity contribution in [1.82, 2.24) is 9.97 Å². The molecule has 0 saturated heterocycles. The first-order valence-electron chi connectivity index (χ1n) is 20.2. The van der Waals surface area contributed by atoms with E-state index in [0.29, 0.717) is 0 Å². The third kappa shape index (κ3) is 7.84. The summed E-state index contributed by atoms with van der Waals surface area (Å²) < 4.78 is 0. The van der Waals surface area contributed by atoms with Crippen molar-refractivity contribution >= 4 is 17.1 Å². The average Bonchev–Trinajstić information content (AvgIpc) is 3.29. The lowest BCUT2D eigenvalue weighted by Crippen LogP contribution is -2.12. The molecule has 0 atom stereocenters. The van der Waals surface area contributed by atoms with E-state index in [2.05, 4.69) is 221 Å². The molecular weight excluding hydrogens is 715 g/mol. The number of hydrogen-bond acceptors (Lipinski definition) is 3. The van der Waals surface area contributed by atoms with Crippen LogP contribution in [-0.4, -0.2) is 9.97 Å². The Morgan fingerprint density at radius 1 is 0.322 bits per heavy atom. The fourth-order valence-electron chi connectivity index (χ4n) is 7.93. The van der Waals surface area contributed by atoms with Gasteiger partial charge in [0.15, 0.2) is 0 Å². The van der Waals surface area contributed by atoms with Gasteiger partial charge in [-0.1, -0.05) is 146 Å². The van der Waals surface area contributed by atoms with E-state index in [1.807, 2.05) is 12.4 Å². The summed E-state index contributed by atoms with van der Waals surface area (Å²) in [4.78, 5) is 12.3. The zero-order valence-electron chi connectivity index (χ0n) is 33.9. The Morgan fingerprint density at radius 2 is 0.729 bits per heavy atom. The summed E-state index contributed by atoms with van der Waals surface area (Å²) >= 11 is 0. The van der Waals surface area contributed by atoms with E-state index in [1.165, 1.54) is 55.6 Å². The molecule has 2 heterocycles. The number of aryl methyl sites for hydroxylation is 4. The molecule has 3 heteroatoms. The minimum Gasteiger partial charge on any atom is -0.310 e. The predicted octanol–water partition coefficient (Wildman–Crippen LogP) is 15.2. The van der Waals surface area contributed by atoms with Crippen molar-refractivity contribution in [3.05, 3.63) is 223 Å². The Morgan fingerprint density at radius 3 is 1.19 bits per heavy atom. The van der Waals surface area contributed by atoms with Crippen molar-refractivity contribution < 1.29 is 0 Å². The van der Waals surface area contributed by atoms with Crippen LogP contribution < -0.4 is 4.90 Å². The lowest BCUT2D eigenvalue weighted by atomic mass is 9.96. The van der Waals surface area contributed by atoms with Crippen LogP contribution in [0, 0.1) is 27.7 Å². The quantitative estimate of drug-likeness (QED) is 0.147. The largest absolute Gasteiger partial charge is 0.310 e. The highest BCUT2D eigenvalue weighted by molar-refractivity contribution is 5.85. The van der Waals surface area contributed by atoms with Crippen molar-refractivity contribution in [2.45, 2.75) is 27.7 Å². The molecule has 0 bridgehead atoms. The van der Waals surface area contributed by atoms with Gasteiger partial charge in [0, 0.05) is 40.6 Å². The minimum atomic E-state index is 0.933. The van der Waals surface area contributed by atoms with E-state index in [4.69, 9.17) is 9.97 Å². The first-order valence-corrected chi connectivity index (χ1v) is 20.2. The zero-order chi connectivity index (χ0) is 40.3. The molecule has 59 heavy (non-hydrogen) atoms. The summed E-state index contributed by atoms with van der Waals surface area (Å²) in [6.45, 7) is 8.61. The summed E-state index contributed by atoms with van der Waals surface area (Å²) in [6, 6.07) is 67.3. The smallest absolute Gasteiger partial charge is 0.0709 e. The van der Waals surface area contributed by atoms with E-state index in [0.717, 1.165) is 50.7 Å². The van der Waals surface area contributed by atoms with Crippen LogP contribution in [0.25, 0.3) is 67.0 Å². The van der Waals surface area contributed by atoms with Crippen LogP contribution in [0.1, 0.15) is 22.3 Å². The fraction of sp³-hybridized carbons (Fsp3) is 0.0714. The van der Waals surface area contributed by atoms with Gasteiger partial charge in [-0.05, 0) is 137 Å². The third-order valence-corrected chi connectivity index (χ3v) is 11.2. The van der Waals surface area contributed by atoms with Gasteiger partial charge in [-0.3, -0.25) is 9.97 Å². The van der Waals surface area contributed by atoms with Gasteiger partial charge in [-0.15, -0.1) is 0 Å². The van der Waals surface area contributed by atoms with Gasteiger partial charge in [0.1, 0.15) is 0 Å². The number of aromatic nitrogens is 2. The average molecular weight is 760 g/mol. The number of anilines is 3. The molecule has 7 aromatic carbocycles. The van der Waals surface area contributed by atoms with Gasteiger partial charge >= 0.3 is 0 Å². The molecule has 0 unspecified atom stereocenters. The van der Waals surface area contributed by atoms with Gasteiger partial charge < -0.3 is 4.90 Å². The summed E-state index contributed by atoms with van der Waals surface area (Å²) in [5.41, 5.74) is 21.4. The van der Waals surface area contributed by atoms with Crippen LogP contribution in [0.5, 0.6) is 0 Å². The fourth-order valence-corrected chi connectivity index (χ4v) is 7.93. The molecule has 0 saturated carbocycles. The normalized spacial score (nSPS) is 11.1. The van der Waals surface area contributed by atoms with Crippen LogP contribution in [-0.2, 0) is 0 Å². The van der Waals surface area contributed by atoms with E-state index < -0.39 is 0 Å². The number of benzene rings is 7. The van der Waals surface area contributed by atoms with Gasteiger partial charge in [0.05, 0.1) is 11.4 Å². The van der Waals surface area contributed by atoms with E-state index >= 15 is 0 Å². The molecule has 0 fully saturated rings. The first-order chi connectivity index (χ1) is 28.9. The van der Waals surface area contributed by atoms with Crippen molar-refractivity contribution in [2.75, 3.05) is 4.90 Å². The molecule has 0 aliphatic carbocycles. The number of rotatable bonds is 9. The van der Waals surface area contributed by atoms with Crippen LogP contribution >= 0.6 is 0 Å². The van der Waals surface area contributed by atoms with E-state index in [9.17, 15) is 0 Å². The molecule has 0 N–H and O–H groups in total. The molecule has 2 aromatic heterocycles. The Bertz CT molecular complexity index is 2720. The lowest BCUT2D eigenvalue weighted by Gasteiger charge is -2.28. The molecule has 0 aliphatic heterocycles. The second-order valence-corrected chi connectivity index (χ2v) is 15.4. The molecule has 0 aliphatic rings. The van der Waals surface area contributed by atoms with Crippen molar-refractivity contribution in [2.24, 2.45) is 0 Å². The highest BCUT2D eigenvalue weighted by atomic mass is 15.1. The maximum absolute atomic E-state index is 4.96. The van der Waals surface area contributed by atoms with Crippen LogP contribution in [0.3, 0.4) is 0 Å². The predicted molar refractivity (Wildman–Crippen MR) is 248 cm³/mol. The monoisotopic (exact) mass is 759 g/mol. The highest BCUT2D eigenvalue weighted by Crippen LogP contribution is 2.41. The van der Waals surface area contributed by atoms with Crippen molar-refractivity contribution in [3.63, 3.8) is 0 Å². The SMILES string of the molecule is Cc1ccc(C)c(N(c2cccc(-c3cc(-c4ccc(-c5ccccc5)cc4)c(C)cn3)c2)c2cccc(-c3cc(-c4ccc(-c5ccccc5)cc4)c(C)cn3)c2)c1. The molecular formula is C56H45N3. The maximum atomic E-state index is 4.96. The minimum absolute atomic E-state index is 0.933. The topological polar surface area (TPSA) is 29.0 Å². The second-order valence-electron chi connectivity index (χ2n) is 15.4. The zero-order valence-corrected chi connectivity index (χ0v) is 33.9. The van der Waals surface area contributed by atoms with Crippen LogP contribution in [0.2, 0.25) is 0 Å². The van der Waals surface area contributed by atoms with Gasteiger partial charge in [-0.25, -0.2) is 0 Å². The maximum Gasteiger partial charge on any atom is 0.0709 e. The summed E-state index contributed by atoms with van der Waals surface area (Å²) in [5, 5.41) is 0. The molecule has 0 spiro atoms. The van der Waals surface area contributed by atoms with Gasteiger partial charge in [0.2, 0.25) is 0 Å². The highest BCUT2D eigenvalue weighted by Gasteiger charge is 2.18. The first kappa shape index (κ1) is 37.2. The standard InChI is InChI=1S/C56H45N3/c1-38-21-22-39(2)56(31-38)59(50-19-11-17-48(32-50)54-34-52(40(3)36-57-54)46-27-23-44(24-28-46)42-13-7-5-8-14-42)51-20-12-18-49(33-51)55-35-53(41(4)37-58-55)47-29-25-45(26-30-47)43-15-9-6-10-16-43/h5-37H,1-4H3. The summed E-state index contributed by atoms with van der Waals surface area (Å²) in [7, 11) is 0. The third-order valence-electron chi connectivity index (χ3n) is 11.2. The molecule has 284 valence electrons. The van der Waals surface area contributed by atoms with E-state index in [-0.39, 0.29) is 0 Å². The van der Waals surface area contributed by atoms with Crippen molar-refractivity contribution in [3.8, 4) is 67.0 Å². The number of nitrogens with zero attached hydrogens (tertiary/aromatic N) is 3. The van der Waals surface area contributed by atoms with Crippen molar-refractivity contribution in [1.29, 1.82) is 0 Å². The molecule has 0 radical (unpaired) electrons. The number of pyridine rings is 2. The lowest BCUT2D eigenvalue weighted by molar-refractivity contribution is 1.23. The van der Waals surface area contributed by atoms with E-state index in [1.54, 1.807) is 0 Å². The summed E-state index contributed by atoms with van der Waals surface area (Å²) in [6.07, 6.45) is 3.99. The Balaban J connectivity index is 1.08. The second kappa shape index (κ2) is 16.2. The molecule has 3 nitrogen and oxygen atoms in total. The Hall–Kier alpha value is -7.36. The van der Waals surface area contributed by atoms with Gasteiger partial charge in [0.25, 0.3) is 0 Å². The Labute approximate surface area is 348 Å². The molecule has 0 amide bonds. The molecule has 9 aromatic rings. The van der Waals surface area contributed by atoms with Crippen LogP contribution in [0.4, 0.5) is 17.1 Å². The molecule has 9 rings (SSSR count). The van der Waals surface area contributed by atoms with Crippen LogP contribution in [0.15, 0.2) is 200 Å². The Kier molecular flexibility index (Phi) is 10.3. The summed E-state index contributed by atoms with van der Waals surface area (Å²) in [5.74, 6) is 0. The van der Waals surface area contributed by atoms with Gasteiger partial charge in [-0.2, -0.15) is 0 Å².